The van der Waals surface area contributed by atoms with E-state index in [0.717, 1.165) is 40.2 Å². The second-order valence-electron chi connectivity index (χ2n) is 8.17. The summed E-state index contributed by atoms with van der Waals surface area (Å²) in [6.45, 7) is 4.36. The van der Waals surface area contributed by atoms with Crippen LogP contribution >= 0.6 is 22.9 Å². The Morgan fingerprint density at radius 2 is 2.06 bits per heavy atom. The van der Waals surface area contributed by atoms with Crippen molar-refractivity contribution >= 4 is 34.1 Å². The summed E-state index contributed by atoms with van der Waals surface area (Å²) >= 11 is 7.75. The smallest absolute Gasteiger partial charge is 0.321 e. The lowest BCUT2D eigenvalue weighted by atomic mass is 9.99. The van der Waals surface area contributed by atoms with Crippen LogP contribution in [0.25, 0.3) is 22.0 Å². The molecule has 0 saturated carbocycles. The number of nitrogens with one attached hydrogen (secondary N) is 2. The van der Waals surface area contributed by atoms with Gasteiger partial charge in [-0.25, -0.2) is 19.7 Å². The lowest BCUT2D eigenvalue weighted by molar-refractivity contribution is 0.252. The molecule has 9 nitrogen and oxygen atoms in total. The van der Waals surface area contributed by atoms with Gasteiger partial charge in [0.2, 0.25) is 5.89 Å². The molecule has 1 aliphatic rings. The van der Waals surface area contributed by atoms with Gasteiger partial charge in [-0.3, -0.25) is 5.32 Å². The normalized spacial score (nSPS) is 12.4. The average Bonchev–Trinajstić information content (AvgIpc) is 3.46. The van der Waals surface area contributed by atoms with Crippen molar-refractivity contribution in [1.29, 1.82) is 0 Å². The Kier molecular flexibility index (Phi) is 6.25. The molecule has 0 aliphatic heterocycles. The van der Waals surface area contributed by atoms with E-state index in [1.54, 1.807) is 0 Å². The third kappa shape index (κ3) is 4.64. The third-order valence-electron chi connectivity index (χ3n) is 5.37. The number of carbonyl (C=O) groups excluding carboxylic acids is 1. The molecule has 2 N–H and O–H groups in total. The molecule has 0 unspecified atom stereocenters. The zero-order valence-electron chi connectivity index (χ0n) is 18.6. The van der Waals surface area contributed by atoms with Gasteiger partial charge in [0.1, 0.15) is 0 Å². The summed E-state index contributed by atoms with van der Waals surface area (Å²) in [6.07, 6.45) is 3.87. The van der Waals surface area contributed by atoms with Gasteiger partial charge in [0.25, 0.3) is 0 Å². The van der Waals surface area contributed by atoms with E-state index in [9.17, 15) is 4.79 Å². The van der Waals surface area contributed by atoms with Crippen molar-refractivity contribution < 1.29 is 9.32 Å². The lowest BCUT2D eigenvalue weighted by Gasteiger charge is -2.14. The molecule has 2 amide bonds. The first-order valence-corrected chi connectivity index (χ1v) is 12.2. The predicted octanol–water partition coefficient (Wildman–Crippen LogP) is 4.89. The van der Waals surface area contributed by atoms with Crippen LogP contribution < -0.4 is 10.6 Å². The van der Waals surface area contributed by atoms with E-state index >= 15 is 0 Å². The molecule has 0 spiro atoms. The maximum atomic E-state index is 12.4. The van der Waals surface area contributed by atoms with Gasteiger partial charge < -0.3 is 9.84 Å². The average molecular weight is 496 g/mol. The number of hydrogen-bond acceptors (Lipinski definition) is 8. The number of nitrogens with zero attached hydrogens (tertiary/aromatic N) is 5. The fourth-order valence-corrected chi connectivity index (χ4v) is 4.85. The van der Waals surface area contributed by atoms with Crippen molar-refractivity contribution in [2.45, 2.75) is 39.0 Å². The summed E-state index contributed by atoms with van der Waals surface area (Å²) in [5.74, 6) is 1.93. The van der Waals surface area contributed by atoms with Crippen molar-refractivity contribution in [3.63, 3.8) is 0 Å². The van der Waals surface area contributed by atoms with Crippen LogP contribution in [0.3, 0.4) is 0 Å². The number of aryl methyl sites for hydroxylation is 2. The van der Waals surface area contributed by atoms with Crippen LogP contribution in [0.2, 0.25) is 5.02 Å². The van der Waals surface area contributed by atoms with Crippen LogP contribution in [0.4, 0.5) is 9.93 Å². The highest BCUT2D eigenvalue weighted by atomic mass is 35.5. The monoisotopic (exact) mass is 495 g/mol. The van der Waals surface area contributed by atoms with Crippen LogP contribution in [0, 0.1) is 0 Å². The first-order chi connectivity index (χ1) is 16.5. The summed E-state index contributed by atoms with van der Waals surface area (Å²) in [4.78, 5) is 31.6. The molecule has 0 radical (unpaired) electrons. The molecule has 1 aliphatic carbocycles. The summed E-state index contributed by atoms with van der Waals surface area (Å²) in [6, 6.07) is 7.16. The SMILES string of the molecule is CC(C)c1noc(CCNC(=O)Nc2nc3c(s2)-c2nc(-c4ccccc4Cl)ncc2CC3)n1. The summed E-state index contributed by atoms with van der Waals surface area (Å²) in [7, 11) is 0. The minimum absolute atomic E-state index is 0.195. The van der Waals surface area contributed by atoms with E-state index in [4.69, 9.17) is 21.1 Å². The number of amides is 2. The van der Waals surface area contributed by atoms with Gasteiger partial charge in [-0.05, 0) is 30.5 Å². The molecule has 5 rings (SSSR count). The first-order valence-electron chi connectivity index (χ1n) is 11.0. The number of thiazole rings is 1. The molecule has 3 aromatic heterocycles. The van der Waals surface area contributed by atoms with E-state index in [2.05, 4.69) is 30.7 Å². The predicted molar refractivity (Wildman–Crippen MR) is 130 cm³/mol. The van der Waals surface area contributed by atoms with Crippen LogP contribution in [0.5, 0.6) is 0 Å². The topological polar surface area (TPSA) is 119 Å². The lowest BCUT2D eigenvalue weighted by Crippen LogP contribution is -2.30. The standard InChI is InChI=1S/C23H22ClN7O2S/c1-12(2)20-28-17(33-31-20)9-10-25-22(32)30-23-27-16-8-7-13-11-26-21(29-18(13)19(16)34-23)14-5-3-4-6-15(14)24/h3-6,11-12H,7-10H2,1-2H3,(H2,25,27,30,32). The molecule has 0 bridgehead atoms. The molecule has 0 fully saturated rings. The Morgan fingerprint density at radius 1 is 1.21 bits per heavy atom. The molecular weight excluding hydrogens is 474 g/mol. The van der Waals surface area contributed by atoms with Crippen LogP contribution in [-0.2, 0) is 19.3 Å². The fourth-order valence-electron chi connectivity index (χ4n) is 3.60. The van der Waals surface area contributed by atoms with E-state index in [-0.39, 0.29) is 11.9 Å². The van der Waals surface area contributed by atoms with Crippen molar-refractivity contribution in [1.82, 2.24) is 30.4 Å². The van der Waals surface area contributed by atoms with E-state index < -0.39 is 0 Å². The number of carbonyl (C=O) groups is 1. The molecule has 11 heteroatoms. The Bertz CT molecular complexity index is 1350. The highest BCUT2D eigenvalue weighted by Crippen LogP contribution is 2.39. The number of anilines is 1. The highest BCUT2D eigenvalue weighted by Gasteiger charge is 2.24. The highest BCUT2D eigenvalue weighted by molar-refractivity contribution is 7.19. The summed E-state index contributed by atoms with van der Waals surface area (Å²) < 4.78 is 5.20. The summed E-state index contributed by atoms with van der Waals surface area (Å²) in [5, 5.41) is 10.7. The number of hydrogen-bond donors (Lipinski definition) is 2. The number of aromatic nitrogens is 5. The van der Waals surface area contributed by atoms with Crippen molar-refractivity contribution in [2.75, 3.05) is 11.9 Å². The van der Waals surface area contributed by atoms with Gasteiger partial charge in [0, 0.05) is 30.6 Å². The van der Waals surface area contributed by atoms with Crippen LogP contribution in [-0.4, -0.2) is 37.7 Å². The minimum Gasteiger partial charge on any atom is -0.339 e. The second-order valence-corrected chi connectivity index (χ2v) is 9.58. The molecule has 1 aromatic carbocycles. The van der Waals surface area contributed by atoms with Crippen LogP contribution in [0.15, 0.2) is 35.0 Å². The first kappa shape index (κ1) is 22.4. The van der Waals surface area contributed by atoms with E-state index in [1.807, 2.05) is 44.3 Å². The molecule has 174 valence electrons. The van der Waals surface area contributed by atoms with Crippen molar-refractivity contribution in [3.05, 3.63) is 58.5 Å². The van der Waals surface area contributed by atoms with Crippen LogP contribution in [0.1, 0.15) is 42.7 Å². The second kappa shape index (κ2) is 9.47. The zero-order valence-corrected chi connectivity index (χ0v) is 20.2. The van der Waals surface area contributed by atoms with E-state index in [0.29, 0.717) is 40.7 Å². The molecule has 34 heavy (non-hydrogen) atoms. The zero-order chi connectivity index (χ0) is 23.7. The number of benzene rings is 1. The molecular formula is C23H22ClN7O2S. The largest absolute Gasteiger partial charge is 0.339 e. The van der Waals surface area contributed by atoms with Gasteiger partial charge in [0.05, 0.1) is 21.3 Å². The van der Waals surface area contributed by atoms with Gasteiger partial charge >= 0.3 is 6.03 Å². The molecule has 0 saturated heterocycles. The van der Waals surface area contributed by atoms with Crippen molar-refractivity contribution in [3.8, 4) is 22.0 Å². The molecule has 0 atom stereocenters. The number of rotatable bonds is 6. The Morgan fingerprint density at radius 3 is 2.85 bits per heavy atom. The quantitative estimate of drug-likeness (QED) is 0.391. The maximum absolute atomic E-state index is 12.4. The van der Waals surface area contributed by atoms with Gasteiger partial charge in [0.15, 0.2) is 16.8 Å². The summed E-state index contributed by atoms with van der Waals surface area (Å²) in [5.41, 5.74) is 3.60. The Balaban J connectivity index is 1.27. The number of urea groups is 1. The van der Waals surface area contributed by atoms with Crippen molar-refractivity contribution in [2.24, 2.45) is 0 Å². The fraction of sp³-hybridized carbons (Fsp3) is 0.304. The van der Waals surface area contributed by atoms with E-state index in [1.165, 1.54) is 11.3 Å². The Labute approximate surface area is 205 Å². The Hall–Kier alpha value is -3.37. The third-order valence-corrected chi connectivity index (χ3v) is 6.72. The molecule has 3 heterocycles. The maximum Gasteiger partial charge on any atom is 0.321 e. The number of fused-ring (bicyclic) bond motifs is 3. The number of halogens is 1. The van der Waals surface area contributed by atoms with Gasteiger partial charge in [-0.15, -0.1) is 0 Å². The van der Waals surface area contributed by atoms with Gasteiger partial charge in [-0.2, -0.15) is 4.98 Å². The minimum atomic E-state index is -0.339. The van der Waals surface area contributed by atoms with Gasteiger partial charge in [-0.1, -0.05) is 54.1 Å². The molecule has 4 aromatic rings.